The molecule has 3 aromatic rings. The van der Waals surface area contributed by atoms with E-state index in [4.69, 9.17) is 27.5 Å². The lowest BCUT2D eigenvalue weighted by Crippen LogP contribution is -2.41. The van der Waals surface area contributed by atoms with Crippen molar-refractivity contribution >= 4 is 66.8 Å². The summed E-state index contributed by atoms with van der Waals surface area (Å²) in [6, 6.07) is 7.71. The predicted molar refractivity (Wildman–Crippen MR) is 148 cm³/mol. The van der Waals surface area contributed by atoms with E-state index in [1.807, 2.05) is 0 Å². The molecular formula is C26H16Br2ClF3N2O4S. The molecule has 0 spiro atoms. The van der Waals surface area contributed by atoms with Crippen molar-refractivity contribution < 1.29 is 27.4 Å². The van der Waals surface area contributed by atoms with Crippen molar-refractivity contribution in [2.24, 2.45) is 4.99 Å². The zero-order valence-electron chi connectivity index (χ0n) is 19.8. The smallest absolute Gasteiger partial charge is 0.434 e. The van der Waals surface area contributed by atoms with E-state index in [1.54, 1.807) is 12.1 Å². The monoisotopic (exact) mass is 702 g/mol. The van der Waals surface area contributed by atoms with Gasteiger partial charge in [0.25, 0.3) is 5.56 Å². The van der Waals surface area contributed by atoms with Crippen LogP contribution in [0.2, 0.25) is 5.02 Å². The number of esters is 1. The Kier molecular flexibility index (Phi) is 8.75. The third kappa shape index (κ3) is 6.01. The molecule has 0 aliphatic carbocycles. The molecule has 2 heterocycles. The maximum atomic E-state index is 14.2. The van der Waals surface area contributed by atoms with Crippen molar-refractivity contribution in [3.05, 3.63) is 92.5 Å². The van der Waals surface area contributed by atoms with Crippen molar-refractivity contribution in [2.75, 3.05) is 13.2 Å². The lowest BCUT2D eigenvalue weighted by Gasteiger charge is -2.26. The summed E-state index contributed by atoms with van der Waals surface area (Å²) in [5, 5.41) is 0.323. The Morgan fingerprint density at radius 1 is 1.28 bits per heavy atom. The minimum atomic E-state index is -5.01. The van der Waals surface area contributed by atoms with Gasteiger partial charge in [0.05, 0.1) is 27.2 Å². The first kappa shape index (κ1) is 29.1. The molecule has 0 saturated carbocycles. The number of nitrogens with zero attached hydrogens (tertiary/aromatic N) is 2. The molecule has 0 unspecified atom stereocenters. The van der Waals surface area contributed by atoms with Gasteiger partial charge in [-0.3, -0.25) is 9.36 Å². The van der Waals surface area contributed by atoms with Gasteiger partial charge < -0.3 is 9.47 Å². The quantitative estimate of drug-likeness (QED) is 0.250. The first-order chi connectivity index (χ1) is 18.5. The number of allylic oxidation sites excluding steroid dienone is 1. The Morgan fingerprint density at radius 3 is 2.59 bits per heavy atom. The van der Waals surface area contributed by atoms with Crippen LogP contribution in [0.25, 0.3) is 6.08 Å². The summed E-state index contributed by atoms with van der Waals surface area (Å²) in [7, 11) is 0. The van der Waals surface area contributed by atoms with E-state index in [2.05, 4.69) is 42.8 Å². The summed E-state index contributed by atoms with van der Waals surface area (Å²) in [6.07, 6.45) is 1.78. The van der Waals surface area contributed by atoms with Crippen LogP contribution in [0.4, 0.5) is 13.2 Å². The summed E-state index contributed by atoms with van der Waals surface area (Å²) in [5.74, 6) is 1.46. The van der Waals surface area contributed by atoms with Crippen LogP contribution in [0.15, 0.2) is 66.4 Å². The van der Waals surface area contributed by atoms with Crippen LogP contribution in [0.1, 0.15) is 24.1 Å². The minimum absolute atomic E-state index is 0.0508. The van der Waals surface area contributed by atoms with Gasteiger partial charge in [-0.15, -0.1) is 6.42 Å². The maximum absolute atomic E-state index is 14.2. The number of carbonyl (C=O) groups is 1. The molecule has 0 saturated heterocycles. The molecule has 1 aliphatic rings. The maximum Gasteiger partial charge on any atom is 0.434 e. The van der Waals surface area contributed by atoms with Gasteiger partial charge in [-0.25, -0.2) is 9.79 Å². The van der Waals surface area contributed by atoms with Gasteiger partial charge in [0.2, 0.25) is 0 Å². The predicted octanol–water partition coefficient (Wildman–Crippen LogP) is 5.53. The molecule has 202 valence electrons. The first-order valence-corrected chi connectivity index (χ1v) is 13.8. The number of hydrogen-bond acceptors (Lipinski definition) is 6. The molecule has 4 rings (SSSR count). The Balaban J connectivity index is 2.05. The van der Waals surface area contributed by atoms with Crippen molar-refractivity contribution in [2.45, 2.75) is 19.1 Å². The highest BCUT2D eigenvalue weighted by molar-refractivity contribution is 9.11. The van der Waals surface area contributed by atoms with Gasteiger partial charge >= 0.3 is 12.1 Å². The largest absolute Gasteiger partial charge is 0.479 e. The van der Waals surface area contributed by atoms with Gasteiger partial charge in [0.1, 0.15) is 12.4 Å². The molecule has 6 nitrogen and oxygen atoms in total. The number of thiazole rings is 1. The second-order valence-corrected chi connectivity index (χ2v) is 11.1. The molecule has 0 fully saturated rings. The Labute approximate surface area is 245 Å². The van der Waals surface area contributed by atoms with E-state index in [0.29, 0.717) is 25.3 Å². The molecule has 0 radical (unpaired) electrons. The third-order valence-corrected chi connectivity index (χ3v) is 7.69. The molecule has 1 aromatic heterocycles. The van der Waals surface area contributed by atoms with Gasteiger partial charge in [-0.1, -0.05) is 56.9 Å². The highest BCUT2D eigenvalue weighted by Gasteiger charge is 2.45. The summed E-state index contributed by atoms with van der Waals surface area (Å²) in [6.45, 7) is 1.23. The van der Waals surface area contributed by atoms with Crippen molar-refractivity contribution in [1.29, 1.82) is 0 Å². The number of ether oxygens (including phenoxy) is 2. The van der Waals surface area contributed by atoms with Gasteiger partial charge in [-0.2, -0.15) is 13.2 Å². The average Bonchev–Trinajstić information content (AvgIpc) is 3.17. The molecule has 1 aliphatic heterocycles. The number of aromatic nitrogens is 1. The van der Waals surface area contributed by atoms with Crippen molar-refractivity contribution in [3.8, 4) is 18.1 Å². The van der Waals surface area contributed by atoms with E-state index in [9.17, 15) is 22.8 Å². The molecule has 0 amide bonds. The molecule has 39 heavy (non-hydrogen) atoms. The lowest BCUT2D eigenvalue weighted by atomic mass is 9.95. The Hall–Kier alpha value is -2.85. The molecule has 0 bridgehead atoms. The number of rotatable bonds is 6. The number of terminal acetylenes is 1. The number of carbonyl (C=O) groups excluding carboxylic acids is 1. The van der Waals surface area contributed by atoms with E-state index in [-0.39, 0.29) is 28.1 Å². The van der Waals surface area contributed by atoms with Crippen LogP contribution in [-0.2, 0) is 9.53 Å². The summed E-state index contributed by atoms with van der Waals surface area (Å²) < 4.78 is 55.6. The number of alkyl halides is 3. The fourth-order valence-corrected chi connectivity index (χ4v) is 6.39. The molecule has 0 N–H and O–H groups in total. The van der Waals surface area contributed by atoms with Crippen LogP contribution in [0, 0.1) is 12.3 Å². The number of benzene rings is 2. The van der Waals surface area contributed by atoms with Gasteiger partial charge in [0, 0.05) is 15.1 Å². The average molecular weight is 705 g/mol. The topological polar surface area (TPSA) is 69.9 Å². The molecule has 2 aromatic carbocycles. The fraction of sp³-hybridized carbons (Fsp3) is 0.192. The number of hydrogen-bond donors (Lipinski definition) is 0. The van der Waals surface area contributed by atoms with Crippen molar-refractivity contribution in [3.63, 3.8) is 0 Å². The van der Waals surface area contributed by atoms with Crippen molar-refractivity contribution in [1.82, 2.24) is 4.57 Å². The van der Waals surface area contributed by atoms with E-state index >= 15 is 0 Å². The Morgan fingerprint density at radius 2 is 1.97 bits per heavy atom. The second kappa shape index (κ2) is 11.7. The van der Waals surface area contributed by atoms with Crippen LogP contribution < -0.4 is 19.6 Å². The second-order valence-electron chi connectivity index (χ2n) is 7.91. The van der Waals surface area contributed by atoms with Crippen LogP contribution in [0.5, 0.6) is 5.75 Å². The zero-order chi connectivity index (χ0) is 28.5. The van der Waals surface area contributed by atoms with E-state index in [1.165, 1.54) is 37.3 Å². The van der Waals surface area contributed by atoms with Crippen LogP contribution >= 0.6 is 54.8 Å². The lowest BCUT2D eigenvalue weighted by molar-refractivity contribution is -0.140. The molecular weight excluding hydrogens is 689 g/mol. The third-order valence-electron chi connectivity index (χ3n) is 5.40. The highest BCUT2D eigenvalue weighted by Crippen LogP contribution is 2.39. The normalized spacial score (nSPS) is 15.4. The summed E-state index contributed by atoms with van der Waals surface area (Å²) >= 11 is 13.5. The van der Waals surface area contributed by atoms with Gasteiger partial charge in [0.15, 0.2) is 10.5 Å². The summed E-state index contributed by atoms with van der Waals surface area (Å²) in [5.41, 5.74) is -2.25. The number of fused-ring (bicyclic) bond motifs is 1. The minimum Gasteiger partial charge on any atom is -0.479 e. The molecule has 1 atom stereocenters. The van der Waals surface area contributed by atoms with Gasteiger partial charge in [-0.05, 0) is 58.8 Å². The van der Waals surface area contributed by atoms with Crippen LogP contribution in [0.3, 0.4) is 0 Å². The Bertz CT molecular complexity index is 1710. The fourth-order valence-electron chi connectivity index (χ4n) is 3.90. The zero-order valence-corrected chi connectivity index (χ0v) is 24.6. The summed E-state index contributed by atoms with van der Waals surface area (Å²) in [4.78, 5) is 30.2. The first-order valence-electron chi connectivity index (χ1n) is 11.1. The SMILES string of the molecule is C#CCOc1c(Br)cc(Br)cc1/C=c1\sc2n(c1=O)[C@@H](c1ccc(Cl)cc1)C(C(=O)OCC)=C(C(F)(F)F)N=2. The standard InChI is InChI=1S/C26H16Br2ClF3N2O4S/c1-3-9-38-21-14(10-15(27)12-17(21)28)11-18-23(35)34-20(13-5-7-16(29)8-6-13)19(24(36)37-4-2)22(26(30,31)32)33-25(34)39-18/h1,5-8,10-12,20H,4,9H2,2H3/b18-11-/t20-/m0/s1. The highest BCUT2D eigenvalue weighted by atomic mass is 79.9. The number of halogens is 6. The molecule has 13 heteroatoms. The van der Waals surface area contributed by atoms with E-state index < -0.39 is 35.0 Å². The van der Waals surface area contributed by atoms with Crippen LogP contribution in [-0.4, -0.2) is 29.9 Å². The van der Waals surface area contributed by atoms with E-state index in [0.717, 1.165) is 15.9 Å².